The molecule has 64 heavy (non-hydrogen) atoms. The first-order valence-electron chi connectivity index (χ1n) is 19.3. The van der Waals surface area contributed by atoms with Crippen LogP contribution in [0.2, 0.25) is 0 Å². The van der Waals surface area contributed by atoms with Gasteiger partial charge in [-0.05, 0) is 12.1 Å². The normalized spacial score (nSPS) is 32.8. The minimum absolute atomic E-state index is 0.639. The topological polar surface area (TPSA) is 294 Å². The largest absolute Gasteiger partial charge is 0.463 e. The first kappa shape index (κ1) is 53.0. The van der Waals surface area contributed by atoms with Crippen LogP contribution in [0.25, 0.3) is 0 Å². The van der Waals surface area contributed by atoms with E-state index in [-0.39, 0.29) is 0 Å². The predicted molar refractivity (Wildman–Crippen MR) is 215 cm³/mol. The molecule has 26 heteroatoms. The Morgan fingerprint density at radius 1 is 0.594 bits per heavy atom. The number of aliphatic hydroxyl groups excluding tert-OH is 3. The van der Waals surface area contributed by atoms with Gasteiger partial charge in [-0.15, -0.1) is 0 Å². The zero-order valence-electron chi connectivity index (χ0n) is 34.9. The number of amides is 1. The third-order valence-electron chi connectivity index (χ3n) is 9.28. The standard InChI is InChI=1S/C38H48Cl3NO21S/c1-15(43)53-13-23-29(63-35-33(59-20(6)48)32(58-19(5)47)30(56-17(3)45)24(61-35)14-54-16(2)44)31(57-18(4)46)25(42-37(52)38(39,40)41)34(60-23)55-12-22-26(49)27(50)28(51)36(62-22)64-21-10-8-7-9-11-21/h7-11,22-36,49-51H,12-14H2,1-6H3,(H,42,52)/t22-,23-,24-,25-,26-,27+,28-,29-,30+,31-,32+,33-,34-,35+,36+/m1/s1. The van der Waals surface area contributed by atoms with Crippen LogP contribution >= 0.6 is 46.6 Å². The molecule has 1 amide bonds. The maximum Gasteiger partial charge on any atom is 0.303 e. The summed E-state index contributed by atoms with van der Waals surface area (Å²) < 4.78 is 60.5. The van der Waals surface area contributed by atoms with E-state index in [1.165, 1.54) is 0 Å². The summed E-state index contributed by atoms with van der Waals surface area (Å²) in [6.07, 6.45) is -22.2. The van der Waals surface area contributed by atoms with E-state index >= 15 is 0 Å². The van der Waals surface area contributed by atoms with Gasteiger partial charge in [0.15, 0.2) is 37.0 Å². The average Bonchev–Trinajstić information content (AvgIpc) is 3.19. The molecule has 4 N–H and O–H groups in total. The number of thioether (sulfide) groups is 1. The third-order valence-corrected chi connectivity index (χ3v) is 11.0. The minimum atomic E-state index is -2.68. The van der Waals surface area contributed by atoms with E-state index in [2.05, 4.69) is 5.32 Å². The Kier molecular flexibility index (Phi) is 19.7. The Hall–Kier alpha value is -3.59. The molecule has 0 aromatic heterocycles. The number of alkyl halides is 3. The predicted octanol–water partition coefficient (Wildman–Crippen LogP) is 0.146. The van der Waals surface area contributed by atoms with Gasteiger partial charge in [0.2, 0.25) is 0 Å². The van der Waals surface area contributed by atoms with Crippen LogP contribution in [0.1, 0.15) is 41.5 Å². The molecule has 15 atom stereocenters. The van der Waals surface area contributed by atoms with Gasteiger partial charge in [0.1, 0.15) is 67.4 Å². The second-order valence-corrected chi connectivity index (χ2v) is 17.8. The van der Waals surface area contributed by atoms with Crippen molar-refractivity contribution in [1.29, 1.82) is 0 Å². The van der Waals surface area contributed by atoms with Crippen LogP contribution in [-0.4, -0.2) is 172 Å². The van der Waals surface area contributed by atoms with Crippen molar-refractivity contribution in [3.8, 4) is 0 Å². The quantitative estimate of drug-likeness (QED) is 0.0973. The molecule has 1 aromatic rings. The molecular formula is C38H48Cl3NO21S. The Labute approximate surface area is 384 Å². The van der Waals surface area contributed by atoms with Crippen LogP contribution in [-0.2, 0) is 85.7 Å². The van der Waals surface area contributed by atoms with Crippen molar-refractivity contribution < 1.29 is 101 Å². The monoisotopic (exact) mass is 991 g/mol. The summed E-state index contributed by atoms with van der Waals surface area (Å²) in [5, 5.41) is 34.9. The van der Waals surface area contributed by atoms with Gasteiger partial charge < -0.3 is 72.7 Å². The Morgan fingerprint density at radius 2 is 1.09 bits per heavy atom. The smallest absolute Gasteiger partial charge is 0.303 e. The van der Waals surface area contributed by atoms with E-state index < -0.39 is 157 Å². The molecule has 3 aliphatic rings. The summed E-state index contributed by atoms with van der Waals surface area (Å²) in [5.74, 6) is -6.90. The van der Waals surface area contributed by atoms with Gasteiger partial charge in [0, 0.05) is 46.4 Å². The highest BCUT2D eigenvalue weighted by molar-refractivity contribution is 7.99. The zero-order chi connectivity index (χ0) is 47.6. The first-order valence-corrected chi connectivity index (χ1v) is 21.3. The lowest BCUT2D eigenvalue weighted by molar-refractivity contribution is -0.352. The van der Waals surface area contributed by atoms with Crippen molar-refractivity contribution in [3.05, 3.63) is 30.3 Å². The van der Waals surface area contributed by atoms with Crippen molar-refractivity contribution in [3.63, 3.8) is 0 Å². The number of carbonyl (C=O) groups excluding carboxylic acids is 7. The van der Waals surface area contributed by atoms with Crippen LogP contribution < -0.4 is 5.32 Å². The van der Waals surface area contributed by atoms with Crippen molar-refractivity contribution in [1.82, 2.24) is 5.32 Å². The van der Waals surface area contributed by atoms with E-state index in [1.54, 1.807) is 30.3 Å². The number of ether oxygens (including phenoxy) is 11. The number of rotatable bonds is 16. The van der Waals surface area contributed by atoms with E-state index in [4.69, 9.17) is 86.9 Å². The summed E-state index contributed by atoms with van der Waals surface area (Å²) in [4.78, 5) is 88.4. The molecule has 1 aromatic carbocycles. The number of nitrogens with one attached hydrogen (secondary N) is 1. The van der Waals surface area contributed by atoms with Crippen LogP contribution in [0, 0.1) is 0 Å². The summed E-state index contributed by atoms with van der Waals surface area (Å²) in [5.41, 5.74) is -1.15. The summed E-state index contributed by atoms with van der Waals surface area (Å²) in [6.45, 7) is 4.00. The fourth-order valence-electron chi connectivity index (χ4n) is 6.69. The fraction of sp³-hybridized carbons (Fsp3) is 0.658. The van der Waals surface area contributed by atoms with Crippen LogP contribution in [0.3, 0.4) is 0 Å². The number of carbonyl (C=O) groups is 7. The van der Waals surface area contributed by atoms with Crippen LogP contribution in [0.5, 0.6) is 0 Å². The lowest BCUT2D eigenvalue weighted by Crippen LogP contribution is -2.70. The first-order chi connectivity index (χ1) is 30.0. The van der Waals surface area contributed by atoms with Crippen molar-refractivity contribution in [2.24, 2.45) is 0 Å². The van der Waals surface area contributed by atoms with Crippen LogP contribution in [0.15, 0.2) is 35.2 Å². The molecule has 3 aliphatic heterocycles. The molecule has 0 saturated carbocycles. The number of benzene rings is 1. The van der Waals surface area contributed by atoms with E-state index in [9.17, 15) is 48.9 Å². The summed E-state index contributed by atoms with van der Waals surface area (Å²) in [6, 6.07) is 6.88. The molecule has 0 radical (unpaired) electrons. The fourth-order valence-corrected chi connectivity index (χ4v) is 7.93. The maximum absolute atomic E-state index is 13.4. The Morgan fingerprint density at radius 3 is 1.62 bits per heavy atom. The molecule has 0 aliphatic carbocycles. The van der Waals surface area contributed by atoms with Crippen molar-refractivity contribution in [2.45, 2.75) is 141 Å². The summed E-state index contributed by atoms with van der Waals surface area (Å²) in [7, 11) is 0. The summed E-state index contributed by atoms with van der Waals surface area (Å²) >= 11 is 18.8. The van der Waals surface area contributed by atoms with E-state index in [0.29, 0.717) is 4.90 Å². The molecule has 22 nitrogen and oxygen atoms in total. The van der Waals surface area contributed by atoms with Gasteiger partial charge in [0.25, 0.3) is 9.70 Å². The third kappa shape index (κ3) is 15.0. The van der Waals surface area contributed by atoms with E-state index in [0.717, 1.165) is 53.3 Å². The van der Waals surface area contributed by atoms with E-state index in [1.807, 2.05) is 0 Å². The van der Waals surface area contributed by atoms with Gasteiger partial charge in [-0.1, -0.05) is 64.8 Å². The maximum atomic E-state index is 13.4. The highest BCUT2D eigenvalue weighted by atomic mass is 35.6. The second-order valence-electron chi connectivity index (χ2n) is 14.4. The number of hydrogen-bond donors (Lipinski definition) is 4. The molecular weight excluding hydrogens is 945 g/mol. The van der Waals surface area contributed by atoms with Gasteiger partial charge in [0.05, 0.1) is 6.61 Å². The lowest BCUT2D eigenvalue weighted by Gasteiger charge is -2.49. The number of esters is 6. The van der Waals surface area contributed by atoms with Gasteiger partial charge in [-0.2, -0.15) is 0 Å². The lowest BCUT2D eigenvalue weighted by atomic mass is 9.94. The zero-order valence-corrected chi connectivity index (χ0v) is 38.0. The van der Waals surface area contributed by atoms with Gasteiger partial charge >= 0.3 is 35.8 Å². The molecule has 3 saturated heterocycles. The van der Waals surface area contributed by atoms with Crippen LogP contribution in [0.4, 0.5) is 0 Å². The number of aliphatic hydroxyl groups is 3. The Bertz CT molecular complexity index is 1810. The molecule has 3 fully saturated rings. The van der Waals surface area contributed by atoms with Gasteiger partial charge in [-0.25, -0.2) is 0 Å². The minimum Gasteiger partial charge on any atom is -0.463 e. The number of halogens is 3. The highest BCUT2D eigenvalue weighted by Gasteiger charge is 2.58. The SMILES string of the molecule is CC(=O)OC[C@H]1O[C@@H](O[C@H]2[C@H](OC(C)=O)[C@@H](NC(=O)C(Cl)(Cl)Cl)[C@H](OC[C@H]3O[C@@H](Sc4ccccc4)[C@H](O)[C@@H](O)[C@@H]3O)O[C@@H]2COC(C)=O)[C@H](OC(C)=O)[C@@H](OC(C)=O)[C@H]1OC(C)=O. The van der Waals surface area contributed by atoms with Crippen molar-refractivity contribution >= 4 is 88.3 Å². The molecule has 358 valence electrons. The molecule has 0 unspecified atom stereocenters. The Balaban J connectivity index is 1.80. The van der Waals surface area contributed by atoms with Crippen molar-refractivity contribution in [2.75, 3.05) is 19.8 Å². The molecule has 3 heterocycles. The number of hydrogen-bond acceptors (Lipinski definition) is 22. The molecule has 0 spiro atoms. The molecule has 0 bridgehead atoms. The van der Waals surface area contributed by atoms with Gasteiger partial charge in [-0.3, -0.25) is 33.6 Å². The second kappa shape index (κ2) is 23.7. The highest BCUT2D eigenvalue weighted by Crippen LogP contribution is 2.37. The average molecular weight is 993 g/mol. The molecule has 4 rings (SSSR count).